The van der Waals surface area contributed by atoms with Gasteiger partial charge in [-0.25, -0.2) is 4.79 Å². The first-order valence-electron chi connectivity index (χ1n) is 11.3. The first-order chi connectivity index (χ1) is 14.5. The molecule has 2 fully saturated rings. The zero-order valence-electron chi connectivity index (χ0n) is 18.5. The van der Waals surface area contributed by atoms with Crippen LogP contribution in [-0.4, -0.2) is 96.5 Å². The summed E-state index contributed by atoms with van der Waals surface area (Å²) in [6, 6.07) is 10.2. The number of hydrogen-bond donors (Lipinski definition) is 1. The lowest BCUT2D eigenvalue weighted by Gasteiger charge is -2.46. The lowest BCUT2D eigenvalue weighted by molar-refractivity contribution is -0.124. The Bertz CT molecular complexity index is 690. The molecule has 3 rings (SSSR count). The molecule has 30 heavy (non-hydrogen) atoms. The third kappa shape index (κ3) is 5.73. The smallest absolute Gasteiger partial charge is 0.320 e. The predicted molar refractivity (Wildman–Crippen MR) is 119 cm³/mol. The minimum atomic E-state index is -0.249. The summed E-state index contributed by atoms with van der Waals surface area (Å²) < 4.78 is 0. The normalized spacial score (nSPS) is 22.1. The van der Waals surface area contributed by atoms with Gasteiger partial charge in [-0.1, -0.05) is 50.1 Å². The number of carbonyl (C=O) groups is 2. The van der Waals surface area contributed by atoms with Gasteiger partial charge in [-0.15, -0.1) is 0 Å². The van der Waals surface area contributed by atoms with Crippen molar-refractivity contribution in [1.29, 1.82) is 0 Å². The van der Waals surface area contributed by atoms with Crippen LogP contribution in [0.15, 0.2) is 30.3 Å². The fraction of sp³-hybridized carbons (Fsp3) is 0.652. The molecule has 2 heterocycles. The minimum Gasteiger partial charge on any atom is -0.368 e. The molecule has 3 amide bonds. The maximum atomic E-state index is 13.4. The van der Waals surface area contributed by atoms with E-state index in [1.54, 1.807) is 0 Å². The van der Waals surface area contributed by atoms with Crippen LogP contribution in [-0.2, 0) is 11.2 Å². The van der Waals surface area contributed by atoms with E-state index < -0.39 is 0 Å². The summed E-state index contributed by atoms with van der Waals surface area (Å²) in [5, 5.41) is 0. The molecule has 0 bridgehead atoms. The summed E-state index contributed by atoms with van der Waals surface area (Å²) in [5.41, 5.74) is 6.97. The Hall–Kier alpha value is -2.12. The Morgan fingerprint density at radius 1 is 1.07 bits per heavy atom. The van der Waals surface area contributed by atoms with Crippen LogP contribution in [0.3, 0.4) is 0 Å². The zero-order valence-corrected chi connectivity index (χ0v) is 18.5. The van der Waals surface area contributed by atoms with E-state index in [-0.39, 0.29) is 24.0 Å². The fourth-order valence-corrected chi connectivity index (χ4v) is 4.56. The summed E-state index contributed by atoms with van der Waals surface area (Å²) in [6.45, 7) is 7.52. The number of nitrogens with two attached hydrogens (primary N) is 1. The molecule has 0 aliphatic carbocycles. The van der Waals surface area contributed by atoms with E-state index in [1.807, 2.05) is 28.0 Å². The SMILES string of the molecule is CCCCC(C(N)=O)N1CCN(C(=O)N2CCN(C)CC2)[C@H](Cc2ccccc2)C1. The molecule has 0 saturated carbocycles. The minimum absolute atomic E-state index is 0.0387. The Morgan fingerprint density at radius 3 is 2.40 bits per heavy atom. The van der Waals surface area contributed by atoms with Crippen LogP contribution < -0.4 is 5.73 Å². The highest BCUT2D eigenvalue weighted by molar-refractivity contribution is 5.80. The van der Waals surface area contributed by atoms with Gasteiger partial charge in [0.25, 0.3) is 0 Å². The Labute approximate surface area is 180 Å². The van der Waals surface area contributed by atoms with Crippen LogP contribution in [0.1, 0.15) is 31.7 Å². The monoisotopic (exact) mass is 415 g/mol. The molecule has 2 saturated heterocycles. The Morgan fingerprint density at radius 2 is 1.77 bits per heavy atom. The van der Waals surface area contributed by atoms with Crippen LogP contribution >= 0.6 is 0 Å². The van der Waals surface area contributed by atoms with Crippen LogP contribution in [0.25, 0.3) is 0 Å². The topological polar surface area (TPSA) is 73.1 Å². The van der Waals surface area contributed by atoms with Gasteiger partial charge in [0, 0.05) is 45.8 Å². The van der Waals surface area contributed by atoms with Gasteiger partial charge >= 0.3 is 6.03 Å². The van der Waals surface area contributed by atoms with Gasteiger partial charge in [-0.05, 0) is 25.5 Å². The van der Waals surface area contributed by atoms with E-state index in [9.17, 15) is 9.59 Å². The Balaban J connectivity index is 1.75. The molecule has 7 nitrogen and oxygen atoms in total. The molecule has 2 N–H and O–H groups in total. The fourth-order valence-electron chi connectivity index (χ4n) is 4.56. The van der Waals surface area contributed by atoms with Gasteiger partial charge < -0.3 is 20.4 Å². The quantitative estimate of drug-likeness (QED) is 0.735. The lowest BCUT2D eigenvalue weighted by Crippen LogP contribution is -2.63. The van der Waals surface area contributed by atoms with Crippen molar-refractivity contribution in [3.63, 3.8) is 0 Å². The molecule has 0 radical (unpaired) electrons. The standard InChI is InChI=1S/C23H37N5O2/c1-3-4-10-21(22(24)29)27-15-16-28(23(30)26-13-11-25(2)12-14-26)20(18-27)17-19-8-6-5-7-9-19/h5-9,20-21H,3-4,10-18H2,1-2H3,(H2,24,29)/t20-,21?/m1/s1. The second kappa shape index (κ2) is 10.8. The second-order valence-electron chi connectivity index (χ2n) is 8.67. The Kier molecular flexibility index (Phi) is 8.10. The molecule has 0 aromatic heterocycles. The van der Waals surface area contributed by atoms with Gasteiger partial charge in [0.15, 0.2) is 0 Å². The summed E-state index contributed by atoms with van der Waals surface area (Å²) >= 11 is 0. The summed E-state index contributed by atoms with van der Waals surface area (Å²) in [5.74, 6) is -0.249. The number of urea groups is 1. The van der Waals surface area contributed by atoms with E-state index in [0.717, 1.165) is 51.9 Å². The number of hydrogen-bond acceptors (Lipinski definition) is 4. The predicted octanol–water partition coefficient (Wildman–Crippen LogP) is 1.63. The number of piperazine rings is 2. The van der Waals surface area contributed by atoms with E-state index in [0.29, 0.717) is 19.6 Å². The maximum Gasteiger partial charge on any atom is 0.320 e. The lowest BCUT2D eigenvalue weighted by atomic mass is 9.99. The van der Waals surface area contributed by atoms with Crippen molar-refractivity contribution in [1.82, 2.24) is 19.6 Å². The average Bonchev–Trinajstić information content (AvgIpc) is 2.75. The molecule has 0 spiro atoms. The molecular formula is C23H37N5O2. The highest BCUT2D eigenvalue weighted by Gasteiger charge is 2.37. The van der Waals surface area contributed by atoms with Crippen molar-refractivity contribution in [2.24, 2.45) is 5.73 Å². The maximum absolute atomic E-state index is 13.4. The number of amides is 3. The molecule has 1 unspecified atom stereocenters. The molecule has 2 atom stereocenters. The number of rotatable bonds is 7. The van der Waals surface area contributed by atoms with E-state index in [1.165, 1.54) is 5.56 Å². The first kappa shape index (κ1) is 22.6. The highest BCUT2D eigenvalue weighted by Crippen LogP contribution is 2.21. The van der Waals surface area contributed by atoms with E-state index >= 15 is 0 Å². The van der Waals surface area contributed by atoms with Crippen molar-refractivity contribution >= 4 is 11.9 Å². The van der Waals surface area contributed by atoms with Gasteiger partial charge in [0.1, 0.15) is 0 Å². The molecule has 2 aliphatic rings. The number of benzene rings is 1. The number of nitrogens with zero attached hydrogens (tertiary/aromatic N) is 4. The van der Waals surface area contributed by atoms with Crippen molar-refractivity contribution in [3.05, 3.63) is 35.9 Å². The third-order valence-electron chi connectivity index (χ3n) is 6.45. The van der Waals surface area contributed by atoms with Crippen molar-refractivity contribution in [2.75, 3.05) is 52.9 Å². The van der Waals surface area contributed by atoms with Gasteiger partial charge in [0.05, 0.1) is 12.1 Å². The van der Waals surface area contributed by atoms with E-state index in [4.69, 9.17) is 5.73 Å². The number of primary amides is 1. The molecular weight excluding hydrogens is 378 g/mol. The third-order valence-corrected chi connectivity index (χ3v) is 6.45. The number of unbranched alkanes of at least 4 members (excludes halogenated alkanes) is 1. The molecule has 1 aromatic rings. The van der Waals surface area contributed by atoms with Gasteiger partial charge in [-0.3, -0.25) is 9.69 Å². The molecule has 2 aliphatic heterocycles. The second-order valence-corrected chi connectivity index (χ2v) is 8.67. The summed E-state index contributed by atoms with van der Waals surface area (Å²) in [7, 11) is 2.10. The summed E-state index contributed by atoms with van der Waals surface area (Å²) in [4.78, 5) is 34.0. The average molecular weight is 416 g/mol. The van der Waals surface area contributed by atoms with Crippen molar-refractivity contribution in [2.45, 2.75) is 44.7 Å². The van der Waals surface area contributed by atoms with Crippen LogP contribution in [0.2, 0.25) is 0 Å². The van der Waals surface area contributed by atoms with Crippen LogP contribution in [0, 0.1) is 0 Å². The molecule has 7 heteroatoms. The number of likely N-dealkylation sites (N-methyl/N-ethyl adjacent to an activating group) is 1. The van der Waals surface area contributed by atoms with Gasteiger partial charge in [0.2, 0.25) is 5.91 Å². The largest absolute Gasteiger partial charge is 0.368 e. The van der Waals surface area contributed by atoms with E-state index in [2.05, 4.69) is 35.9 Å². The van der Waals surface area contributed by atoms with Gasteiger partial charge in [-0.2, -0.15) is 0 Å². The number of carbonyl (C=O) groups excluding carboxylic acids is 2. The zero-order chi connectivity index (χ0) is 21.5. The van der Waals surface area contributed by atoms with Crippen molar-refractivity contribution in [3.8, 4) is 0 Å². The molecule has 1 aromatic carbocycles. The molecule has 166 valence electrons. The summed E-state index contributed by atoms with van der Waals surface area (Å²) in [6.07, 6.45) is 3.60. The first-order valence-corrected chi connectivity index (χ1v) is 11.3. The van der Waals surface area contributed by atoms with Crippen molar-refractivity contribution < 1.29 is 9.59 Å². The van der Waals surface area contributed by atoms with Crippen LogP contribution in [0.5, 0.6) is 0 Å². The highest BCUT2D eigenvalue weighted by atomic mass is 16.2. The van der Waals surface area contributed by atoms with Crippen LogP contribution in [0.4, 0.5) is 4.79 Å².